The van der Waals surface area contributed by atoms with Crippen LogP contribution in [0.5, 0.6) is 0 Å². The summed E-state index contributed by atoms with van der Waals surface area (Å²) in [5.74, 6) is -1.05. The summed E-state index contributed by atoms with van der Waals surface area (Å²) < 4.78 is 0. The highest BCUT2D eigenvalue weighted by molar-refractivity contribution is 7.15. The van der Waals surface area contributed by atoms with Crippen molar-refractivity contribution >= 4 is 46.3 Å². The lowest BCUT2D eigenvalue weighted by Crippen LogP contribution is -2.18. The van der Waals surface area contributed by atoms with Crippen molar-refractivity contribution in [2.75, 3.05) is 4.90 Å². The number of carboxylic acids is 1. The van der Waals surface area contributed by atoms with Crippen molar-refractivity contribution in [1.82, 2.24) is 9.97 Å². The number of nitrogens with zero attached hydrogens (tertiary/aromatic N) is 3. The number of halogens is 1. The largest absolute Gasteiger partial charge is 0.478 e. The van der Waals surface area contributed by atoms with Gasteiger partial charge in [0.2, 0.25) is 12.4 Å². The zero-order chi connectivity index (χ0) is 21.1. The van der Waals surface area contributed by atoms with Gasteiger partial charge in [0.15, 0.2) is 0 Å². The fourth-order valence-electron chi connectivity index (χ4n) is 2.98. The second kappa shape index (κ2) is 8.44. The van der Waals surface area contributed by atoms with E-state index in [9.17, 15) is 14.7 Å². The Hall–Kier alpha value is -3.55. The standard InChI is InChI=1S/C22H14ClN3O3S/c23-17-8-6-15(7-9-17)18-12-30-20(19(18)21(28)29)26(13-27)22-24-10-16(11-25-22)14-4-2-1-3-5-14/h1-13H,(H,28,29). The van der Waals surface area contributed by atoms with Crippen LogP contribution >= 0.6 is 22.9 Å². The molecule has 0 aliphatic carbocycles. The lowest BCUT2D eigenvalue weighted by Gasteiger charge is -2.15. The van der Waals surface area contributed by atoms with Gasteiger partial charge in [0, 0.05) is 33.9 Å². The van der Waals surface area contributed by atoms with Gasteiger partial charge in [-0.1, -0.05) is 54.1 Å². The zero-order valence-corrected chi connectivity index (χ0v) is 17.0. The zero-order valence-electron chi connectivity index (χ0n) is 15.4. The molecule has 6 nitrogen and oxygen atoms in total. The van der Waals surface area contributed by atoms with Gasteiger partial charge in [0.1, 0.15) is 10.6 Å². The second-order valence-electron chi connectivity index (χ2n) is 6.25. The third-order valence-corrected chi connectivity index (χ3v) is 5.66. The average Bonchev–Trinajstić information content (AvgIpc) is 3.21. The number of hydrogen-bond acceptors (Lipinski definition) is 5. The van der Waals surface area contributed by atoms with Gasteiger partial charge in [-0.15, -0.1) is 11.3 Å². The lowest BCUT2D eigenvalue weighted by atomic mass is 10.0. The molecule has 2 aromatic heterocycles. The van der Waals surface area contributed by atoms with Gasteiger partial charge < -0.3 is 5.11 Å². The van der Waals surface area contributed by atoms with Gasteiger partial charge >= 0.3 is 5.97 Å². The highest BCUT2D eigenvalue weighted by Gasteiger charge is 2.25. The molecule has 0 fully saturated rings. The normalized spacial score (nSPS) is 10.6. The Labute approximate surface area is 181 Å². The molecule has 0 aliphatic heterocycles. The van der Waals surface area contributed by atoms with Crippen LogP contribution in [-0.2, 0) is 4.79 Å². The fraction of sp³-hybridized carbons (Fsp3) is 0. The number of benzene rings is 2. The van der Waals surface area contributed by atoms with Crippen LogP contribution in [0.3, 0.4) is 0 Å². The Morgan fingerprint density at radius 1 is 0.967 bits per heavy atom. The Morgan fingerprint density at radius 3 is 2.23 bits per heavy atom. The maximum Gasteiger partial charge on any atom is 0.339 e. The van der Waals surface area contributed by atoms with Gasteiger partial charge in [-0.3, -0.25) is 4.79 Å². The van der Waals surface area contributed by atoms with E-state index in [4.69, 9.17) is 11.6 Å². The smallest absolute Gasteiger partial charge is 0.339 e. The lowest BCUT2D eigenvalue weighted by molar-refractivity contribution is -0.106. The summed E-state index contributed by atoms with van der Waals surface area (Å²) in [6, 6.07) is 16.4. The van der Waals surface area contributed by atoms with Gasteiger partial charge in [-0.2, -0.15) is 0 Å². The molecule has 30 heavy (non-hydrogen) atoms. The molecule has 4 aromatic rings. The van der Waals surface area contributed by atoms with Crippen molar-refractivity contribution in [3.8, 4) is 22.3 Å². The van der Waals surface area contributed by atoms with Gasteiger partial charge in [-0.25, -0.2) is 19.7 Å². The third kappa shape index (κ3) is 3.80. The minimum atomic E-state index is -1.15. The van der Waals surface area contributed by atoms with E-state index < -0.39 is 5.97 Å². The van der Waals surface area contributed by atoms with E-state index in [1.54, 1.807) is 42.0 Å². The first kappa shape index (κ1) is 19.8. The molecule has 0 unspecified atom stereocenters. The molecule has 1 N–H and O–H groups in total. The first-order valence-electron chi connectivity index (χ1n) is 8.81. The maximum absolute atomic E-state index is 12.0. The van der Waals surface area contributed by atoms with Crippen molar-refractivity contribution in [1.29, 1.82) is 0 Å². The van der Waals surface area contributed by atoms with Crippen molar-refractivity contribution in [3.63, 3.8) is 0 Å². The van der Waals surface area contributed by atoms with Gasteiger partial charge in [-0.05, 0) is 23.3 Å². The number of amides is 1. The SMILES string of the molecule is O=CN(c1ncc(-c2ccccc2)cn1)c1scc(-c2ccc(Cl)cc2)c1C(=O)O. The molecular weight excluding hydrogens is 422 g/mol. The first-order valence-corrected chi connectivity index (χ1v) is 10.1. The van der Waals surface area contributed by atoms with Crippen molar-refractivity contribution in [2.45, 2.75) is 0 Å². The molecule has 4 rings (SSSR count). The van der Waals surface area contributed by atoms with Crippen LogP contribution in [0.15, 0.2) is 72.4 Å². The molecule has 0 saturated heterocycles. The predicted molar refractivity (Wildman–Crippen MR) is 117 cm³/mol. The highest BCUT2D eigenvalue weighted by atomic mass is 35.5. The highest BCUT2D eigenvalue weighted by Crippen LogP contribution is 2.39. The minimum absolute atomic E-state index is 0.00478. The number of rotatable bonds is 6. The number of aromatic nitrogens is 2. The molecule has 1 amide bonds. The van der Waals surface area contributed by atoms with E-state index in [-0.39, 0.29) is 16.5 Å². The molecule has 2 aromatic carbocycles. The van der Waals surface area contributed by atoms with Gasteiger partial charge in [0.25, 0.3) is 0 Å². The van der Waals surface area contributed by atoms with Crippen LogP contribution < -0.4 is 4.90 Å². The van der Waals surface area contributed by atoms with Crippen LogP contribution in [0, 0.1) is 0 Å². The molecule has 0 saturated carbocycles. The molecule has 2 heterocycles. The summed E-state index contributed by atoms with van der Waals surface area (Å²) in [5, 5.41) is 12.3. The Kier molecular flexibility index (Phi) is 5.56. The monoisotopic (exact) mass is 435 g/mol. The average molecular weight is 436 g/mol. The third-order valence-electron chi connectivity index (χ3n) is 4.43. The molecule has 0 aliphatic rings. The summed E-state index contributed by atoms with van der Waals surface area (Å²) in [4.78, 5) is 33.6. The Morgan fingerprint density at radius 2 is 1.63 bits per heavy atom. The van der Waals surface area contributed by atoms with E-state index in [0.29, 0.717) is 22.6 Å². The van der Waals surface area contributed by atoms with Crippen LogP contribution in [0.2, 0.25) is 5.02 Å². The first-order chi connectivity index (χ1) is 14.6. The Bertz CT molecular complexity index is 1190. The summed E-state index contributed by atoms with van der Waals surface area (Å²) in [6.45, 7) is 0. The van der Waals surface area contributed by atoms with E-state index in [1.807, 2.05) is 30.3 Å². The number of hydrogen-bond donors (Lipinski definition) is 1. The van der Waals surface area contributed by atoms with Crippen molar-refractivity contribution < 1.29 is 14.7 Å². The van der Waals surface area contributed by atoms with Crippen LogP contribution in [0.1, 0.15) is 10.4 Å². The number of carbonyl (C=O) groups excluding carboxylic acids is 1. The minimum Gasteiger partial charge on any atom is -0.478 e. The maximum atomic E-state index is 12.0. The molecule has 0 radical (unpaired) electrons. The van der Waals surface area contributed by atoms with E-state index >= 15 is 0 Å². The molecule has 0 spiro atoms. The molecular formula is C22H14ClN3O3S. The van der Waals surface area contributed by atoms with Crippen LogP contribution in [-0.4, -0.2) is 27.5 Å². The summed E-state index contributed by atoms with van der Waals surface area (Å²) in [7, 11) is 0. The quantitative estimate of drug-likeness (QED) is 0.403. The van der Waals surface area contributed by atoms with Crippen LogP contribution in [0.25, 0.3) is 22.3 Å². The topological polar surface area (TPSA) is 83.4 Å². The molecule has 0 atom stereocenters. The number of thiophene rings is 1. The summed E-state index contributed by atoms with van der Waals surface area (Å²) in [5.41, 5.74) is 2.91. The van der Waals surface area contributed by atoms with E-state index in [2.05, 4.69) is 9.97 Å². The van der Waals surface area contributed by atoms with E-state index in [1.165, 1.54) is 0 Å². The Balaban J connectivity index is 1.74. The van der Waals surface area contributed by atoms with Gasteiger partial charge in [0.05, 0.1) is 0 Å². The number of carboxylic acid groups (broad SMARTS) is 1. The van der Waals surface area contributed by atoms with E-state index in [0.717, 1.165) is 27.4 Å². The number of carbonyl (C=O) groups is 2. The molecule has 148 valence electrons. The molecule has 0 bridgehead atoms. The molecule has 8 heteroatoms. The predicted octanol–water partition coefficient (Wildman–Crippen LogP) is 5.52. The van der Waals surface area contributed by atoms with Crippen molar-refractivity contribution in [3.05, 3.63) is 83.0 Å². The van der Waals surface area contributed by atoms with Crippen molar-refractivity contribution in [2.24, 2.45) is 0 Å². The second-order valence-corrected chi connectivity index (χ2v) is 7.55. The summed E-state index contributed by atoms with van der Waals surface area (Å²) in [6.07, 6.45) is 3.71. The number of anilines is 2. The number of aromatic carboxylic acids is 1. The van der Waals surface area contributed by atoms with Crippen LogP contribution in [0.4, 0.5) is 10.9 Å². The summed E-state index contributed by atoms with van der Waals surface area (Å²) >= 11 is 7.06. The fourth-order valence-corrected chi connectivity index (χ4v) is 4.15.